The second kappa shape index (κ2) is 9.43. The van der Waals surface area contributed by atoms with Crippen LogP contribution in [0, 0.1) is 0 Å². The Kier molecular flexibility index (Phi) is 7.42. The lowest BCUT2D eigenvalue weighted by atomic mass is 10.0. The normalized spacial score (nSPS) is 30.6. The first-order valence-electron chi connectivity index (χ1n) is 9.32. The first kappa shape index (κ1) is 23.6. The molecule has 6 atom stereocenters. The van der Waals surface area contributed by atoms with E-state index < -0.39 is 60.8 Å². The minimum Gasteiger partial charge on any atom is -0.458 e. The van der Waals surface area contributed by atoms with Crippen LogP contribution < -0.4 is 5.30 Å². The van der Waals surface area contributed by atoms with Crippen LogP contribution in [0.2, 0.25) is 0 Å². The van der Waals surface area contributed by atoms with Gasteiger partial charge in [-0.15, -0.1) is 0 Å². The fourth-order valence-electron chi connectivity index (χ4n) is 3.65. The molecule has 0 aliphatic carbocycles. The van der Waals surface area contributed by atoms with Crippen molar-refractivity contribution in [3.63, 3.8) is 0 Å². The third kappa shape index (κ3) is 4.90. The first-order chi connectivity index (χ1) is 14.0. The van der Waals surface area contributed by atoms with E-state index in [1.54, 1.807) is 37.3 Å². The van der Waals surface area contributed by atoms with E-state index in [1.165, 1.54) is 0 Å². The summed E-state index contributed by atoms with van der Waals surface area (Å²) < 4.78 is 35.9. The van der Waals surface area contributed by atoms with Crippen molar-refractivity contribution >= 4 is 36.3 Å². The number of ether oxygens (including phenoxy) is 4. The summed E-state index contributed by atoms with van der Waals surface area (Å²) in [5.74, 6) is -4.40. The maximum atomic E-state index is 14.4. The van der Waals surface area contributed by atoms with E-state index >= 15 is 0 Å². The van der Waals surface area contributed by atoms with Crippen molar-refractivity contribution in [3.8, 4) is 0 Å². The smallest absolute Gasteiger partial charge is 0.303 e. The predicted molar refractivity (Wildman–Crippen MR) is 105 cm³/mol. The summed E-state index contributed by atoms with van der Waals surface area (Å²) in [5.41, 5.74) is -0.913. The van der Waals surface area contributed by atoms with Crippen LogP contribution in [0.1, 0.15) is 34.6 Å². The zero-order valence-electron chi connectivity index (χ0n) is 17.4. The molecule has 0 saturated carbocycles. The number of esters is 4. The molecule has 10 heteroatoms. The number of carbonyl (C=O) groups is 4. The monoisotopic (exact) mass is 440 g/mol. The van der Waals surface area contributed by atoms with Crippen LogP contribution in [0.25, 0.3) is 0 Å². The maximum Gasteiger partial charge on any atom is 0.303 e. The second-order valence-electron chi connectivity index (χ2n) is 7.01. The zero-order chi connectivity index (χ0) is 22.6. The lowest BCUT2D eigenvalue weighted by Crippen LogP contribution is -2.60. The highest BCUT2D eigenvalue weighted by Crippen LogP contribution is 2.61. The van der Waals surface area contributed by atoms with Crippen molar-refractivity contribution < 1.29 is 42.7 Å². The molecular formula is C20H25O9P. The predicted octanol–water partition coefficient (Wildman–Crippen LogP) is 1.76. The third-order valence-electron chi connectivity index (χ3n) is 4.74. The fraction of sp³-hybridized carbons (Fsp3) is 0.500. The second-order valence-corrected chi connectivity index (χ2v) is 10.3. The quantitative estimate of drug-likeness (QED) is 0.383. The molecule has 1 aliphatic heterocycles. The Hall–Kier alpha value is -2.67. The summed E-state index contributed by atoms with van der Waals surface area (Å²) in [4.78, 5) is 47.3. The van der Waals surface area contributed by atoms with Crippen molar-refractivity contribution in [2.75, 3.05) is 0 Å². The van der Waals surface area contributed by atoms with Crippen LogP contribution in [0.5, 0.6) is 0 Å². The average Bonchev–Trinajstić information content (AvgIpc) is 2.65. The van der Waals surface area contributed by atoms with E-state index in [2.05, 4.69) is 0 Å². The van der Waals surface area contributed by atoms with Gasteiger partial charge < -0.3 is 23.5 Å². The molecule has 0 radical (unpaired) electrons. The highest BCUT2D eigenvalue weighted by Gasteiger charge is 2.62. The minimum absolute atomic E-state index is 0.347. The molecule has 1 aromatic carbocycles. The molecule has 30 heavy (non-hydrogen) atoms. The molecule has 0 amide bonds. The van der Waals surface area contributed by atoms with Gasteiger partial charge in [0, 0.05) is 33.0 Å². The van der Waals surface area contributed by atoms with Crippen LogP contribution in [-0.2, 0) is 42.7 Å². The van der Waals surface area contributed by atoms with Gasteiger partial charge in [0.05, 0.1) is 5.66 Å². The standard InChI is InChI=1S/C20H25O9P/c1-11-17(26-12(2)21)18(27-13(3)22)19(28-14(4)23)20(29-15(5)24)30(11,25)16-9-7-6-8-10-16/h6-11,17-20H,1-5H3/t11-,17+,18+,19-,20+,30?/m0/s1. The van der Waals surface area contributed by atoms with Crippen LogP contribution in [-0.4, -0.2) is 53.7 Å². The topological polar surface area (TPSA) is 122 Å². The first-order valence-corrected chi connectivity index (χ1v) is 11.2. The number of hydrogen-bond donors (Lipinski definition) is 0. The van der Waals surface area contributed by atoms with Crippen molar-refractivity contribution in [1.29, 1.82) is 0 Å². The molecule has 164 valence electrons. The lowest BCUT2D eigenvalue weighted by Gasteiger charge is -2.47. The molecule has 2 rings (SSSR count). The molecule has 0 bridgehead atoms. The summed E-state index contributed by atoms with van der Waals surface area (Å²) in [6.07, 6.45) is -3.96. The highest BCUT2D eigenvalue weighted by molar-refractivity contribution is 7.73. The third-order valence-corrected chi connectivity index (χ3v) is 8.50. The van der Waals surface area contributed by atoms with Crippen molar-refractivity contribution in [2.24, 2.45) is 0 Å². The molecule has 0 aromatic heterocycles. The Morgan fingerprint density at radius 2 is 1.13 bits per heavy atom. The van der Waals surface area contributed by atoms with E-state index in [9.17, 15) is 23.7 Å². The minimum atomic E-state index is -3.72. The zero-order valence-corrected chi connectivity index (χ0v) is 18.3. The van der Waals surface area contributed by atoms with Gasteiger partial charge in [-0.2, -0.15) is 0 Å². The Labute approximate surface area is 174 Å². The number of rotatable bonds is 5. The molecule has 1 saturated heterocycles. The van der Waals surface area contributed by atoms with Crippen molar-refractivity contribution in [2.45, 2.75) is 64.4 Å². The molecule has 9 nitrogen and oxygen atoms in total. The van der Waals surface area contributed by atoms with Crippen LogP contribution in [0.15, 0.2) is 30.3 Å². The number of carbonyl (C=O) groups excluding carboxylic acids is 4. The maximum absolute atomic E-state index is 14.4. The summed E-state index contributed by atoms with van der Waals surface area (Å²) >= 11 is 0. The van der Waals surface area contributed by atoms with E-state index in [4.69, 9.17) is 18.9 Å². The molecule has 1 fully saturated rings. The largest absolute Gasteiger partial charge is 0.458 e. The van der Waals surface area contributed by atoms with Gasteiger partial charge in [0.25, 0.3) is 0 Å². The molecule has 1 heterocycles. The highest BCUT2D eigenvalue weighted by atomic mass is 31.2. The summed E-state index contributed by atoms with van der Waals surface area (Å²) in [5, 5.41) is 0.347. The van der Waals surface area contributed by atoms with Crippen LogP contribution >= 0.6 is 7.14 Å². The number of hydrogen-bond acceptors (Lipinski definition) is 9. The van der Waals surface area contributed by atoms with Crippen molar-refractivity contribution in [1.82, 2.24) is 0 Å². The lowest BCUT2D eigenvalue weighted by molar-refractivity contribution is -0.195. The van der Waals surface area contributed by atoms with E-state index in [0.29, 0.717) is 5.30 Å². The van der Waals surface area contributed by atoms with Gasteiger partial charge in [0.2, 0.25) is 0 Å². The van der Waals surface area contributed by atoms with Gasteiger partial charge in [-0.05, 0) is 0 Å². The molecule has 1 unspecified atom stereocenters. The molecule has 1 aliphatic rings. The molecular weight excluding hydrogens is 415 g/mol. The van der Waals surface area contributed by atoms with Gasteiger partial charge in [0.15, 0.2) is 31.3 Å². The molecule has 0 N–H and O–H groups in total. The number of benzene rings is 1. The van der Waals surface area contributed by atoms with Crippen LogP contribution in [0.4, 0.5) is 0 Å². The Morgan fingerprint density at radius 1 is 0.700 bits per heavy atom. The Bertz CT molecular complexity index is 866. The van der Waals surface area contributed by atoms with Gasteiger partial charge in [-0.1, -0.05) is 37.3 Å². The Morgan fingerprint density at radius 3 is 1.60 bits per heavy atom. The molecule has 0 spiro atoms. The Balaban J connectivity index is 2.74. The van der Waals surface area contributed by atoms with E-state index in [0.717, 1.165) is 27.7 Å². The van der Waals surface area contributed by atoms with Crippen molar-refractivity contribution in [3.05, 3.63) is 30.3 Å². The summed E-state index contributed by atoms with van der Waals surface area (Å²) in [7, 11) is -3.72. The van der Waals surface area contributed by atoms with Gasteiger partial charge in [-0.3, -0.25) is 19.2 Å². The van der Waals surface area contributed by atoms with Gasteiger partial charge in [-0.25, -0.2) is 0 Å². The van der Waals surface area contributed by atoms with Gasteiger partial charge in [0.1, 0.15) is 0 Å². The van der Waals surface area contributed by atoms with Gasteiger partial charge >= 0.3 is 23.9 Å². The summed E-state index contributed by atoms with van der Waals surface area (Å²) in [6, 6.07) is 8.23. The fourth-order valence-corrected chi connectivity index (χ4v) is 7.16. The molecule has 1 aromatic rings. The van der Waals surface area contributed by atoms with E-state index in [1.807, 2.05) is 0 Å². The summed E-state index contributed by atoms with van der Waals surface area (Å²) in [6.45, 7) is 6.08. The van der Waals surface area contributed by atoms with E-state index in [-0.39, 0.29) is 0 Å². The SMILES string of the molecule is CC(=O)O[C@@H]1[C@H](OC(C)=O)[C@H](C)P(=O)(c2ccccc2)[C@@H](OC(C)=O)[C@H]1OC(C)=O. The average molecular weight is 440 g/mol. The van der Waals surface area contributed by atoms with Crippen LogP contribution in [0.3, 0.4) is 0 Å².